The summed E-state index contributed by atoms with van der Waals surface area (Å²) in [5, 5.41) is 0. The topological polar surface area (TPSA) is 36.9 Å². The number of para-hydroxylation sites is 2. The molecule has 2 aromatic rings. The molecule has 2 aliphatic heterocycles. The normalized spacial score (nSPS) is 24.4. The Morgan fingerprint density at radius 3 is 2.41 bits per heavy atom. The maximum Gasteiger partial charge on any atom is 0.168 e. The van der Waals surface area contributed by atoms with Gasteiger partial charge in [0.05, 0.1) is 26.7 Å². The van der Waals surface area contributed by atoms with Gasteiger partial charge in [-0.25, -0.2) is 0 Å². The van der Waals surface area contributed by atoms with Crippen LogP contribution in [0.15, 0.2) is 36.4 Å². The van der Waals surface area contributed by atoms with Gasteiger partial charge in [0.1, 0.15) is 5.60 Å². The van der Waals surface area contributed by atoms with Gasteiger partial charge in [-0.2, -0.15) is 0 Å². The monoisotopic (exact) mass is 298 g/mol. The Balaban J connectivity index is 1.89. The predicted molar refractivity (Wildman–Crippen MR) is 82.2 cm³/mol. The van der Waals surface area contributed by atoms with Gasteiger partial charge in [-0.3, -0.25) is 0 Å². The molecule has 0 saturated heterocycles. The quantitative estimate of drug-likeness (QED) is 0.850. The summed E-state index contributed by atoms with van der Waals surface area (Å²) in [6.07, 6.45) is 0. The SMILES string of the molecule is COc1cccc2c1OC1(C)c3cccc(OC)c3OCC21. The van der Waals surface area contributed by atoms with Gasteiger partial charge in [0, 0.05) is 11.1 Å². The third-order valence-electron chi connectivity index (χ3n) is 4.71. The van der Waals surface area contributed by atoms with Crippen molar-refractivity contribution in [3.63, 3.8) is 0 Å². The van der Waals surface area contributed by atoms with Gasteiger partial charge in [-0.15, -0.1) is 0 Å². The van der Waals surface area contributed by atoms with Gasteiger partial charge in [-0.1, -0.05) is 24.3 Å². The summed E-state index contributed by atoms with van der Waals surface area (Å²) in [6.45, 7) is 2.67. The molecule has 2 heterocycles. The van der Waals surface area contributed by atoms with E-state index in [0.717, 1.165) is 34.1 Å². The second-order valence-corrected chi connectivity index (χ2v) is 5.79. The largest absolute Gasteiger partial charge is 0.493 e. The van der Waals surface area contributed by atoms with Crippen molar-refractivity contribution in [2.75, 3.05) is 20.8 Å². The number of benzene rings is 2. The highest BCUT2D eigenvalue weighted by Crippen LogP contribution is 2.58. The highest BCUT2D eigenvalue weighted by Gasteiger charge is 2.52. The van der Waals surface area contributed by atoms with Crippen LogP contribution in [-0.4, -0.2) is 20.8 Å². The number of hydrogen-bond donors (Lipinski definition) is 0. The van der Waals surface area contributed by atoms with E-state index < -0.39 is 5.60 Å². The molecule has 0 radical (unpaired) electrons. The molecular weight excluding hydrogens is 280 g/mol. The fraction of sp³-hybridized carbons (Fsp3) is 0.333. The maximum absolute atomic E-state index is 6.39. The molecule has 0 saturated carbocycles. The first-order valence-electron chi connectivity index (χ1n) is 7.35. The lowest BCUT2D eigenvalue weighted by atomic mass is 9.79. The van der Waals surface area contributed by atoms with Crippen LogP contribution in [0.2, 0.25) is 0 Å². The number of hydrogen-bond acceptors (Lipinski definition) is 4. The van der Waals surface area contributed by atoms with Gasteiger partial charge in [-0.05, 0) is 19.1 Å². The molecule has 0 bridgehead atoms. The average molecular weight is 298 g/mol. The molecule has 114 valence electrons. The van der Waals surface area contributed by atoms with Crippen molar-refractivity contribution in [1.29, 1.82) is 0 Å². The van der Waals surface area contributed by atoms with E-state index in [1.54, 1.807) is 14.2 Å². The van der Waals surface area contributed by atoms with Gasteiger partial charge < -0.3 is 18.9 Å². The Morgan fingerprint density at radius 1 is 1.00 bits per heavy atom. The van der Waals surface area contributed by atoms with E-state index in [2.05, 4.69) is 13.0 Å². The second kappa shape index (κ2) is 4.57. The molecule has 4 nitrogen and oxygen atoms in total. The third kappa shape index (κ3) is 1.58. The molecule has 0 aliphatic carbocycles. The summed E-state index contributed by atoms with van der Waals surface area (Å²) in [4.78, 5) is 0. The fourth-order valence-electron chi connectivity index (χ4n) is 3.53. The molecule has 4 heteroatoms. The van der Waals surface area contributed by atoms with Crippen LogP contribution >= 0.6 is 0 Å². The van der Waals surface area contributed by atoms with Crippen molar-refractivity contribution in [2.24, 2.45) is 0 Å². The first-order chi connectivity index (χ1) is 10.7. The zero-order valence-corrected chi connectivity index (χ0v) is 12.9. The smallest absolute Gasteiger partial charge is 0.168 e. The van der Waals surface area contributed by atoms with E-state index in [0.29, 0.717) is 6.61 Å². The van der Waals surface area contributed by atoms with Crippen LogP contribution in [0.3, 0.4) is 0 Å². The summed E-state index contributed by atoms with van der Waals surface area (Å²) < 4.78 is 23.3. The molecule has 22 heavy (non-hydrogen) atoms. The molecule has 2 atom stereocenters. The molecule has 0 fully saturated rings. The maximum atomic E-state index is 6.39. The van der Waals surface area contributed by atoms with Crippen molar-refractivity contribution in [3.8, 4) is 23.0 Å². The van der Waals surface area contributed by atoms with Crippen molar-refractivity contribution >= 4 is 0 Å². The third-order valence-corrected chi connectivity index (χ3v) is 4.71. The van der Waals surface area contributed by atoms with Crippen LogP contribution < -0.4 is 18.9 Å². The van der Waals surface area contributed by atoms with Gasteiger partial charge in [0.2, 0.25) is 0 Å². The highest BCUT2D eigenvalue weighted by atomic mass is 16.6. The minimum absolute atomic E-state index is 0.136. The van der Waals surface area contributed by atoms with Gasteiger partial charge >= 0.3 is 0 Å². The van der Waals surface area contributed by atoms with Crippen LogP contribution in [0.5, 0.6) is 23.0 Å². The summed E-state index contributed by atoms with van der Waals surface area (Å²) in [7, 11) is 3.32. The van der Waals surface area contributed by atoms with Crippen LogP contribution in [-0.2, 0) is 5.60 Å². The first kappa shape index (κ1) is 13.3. The van der Waals surface area contributed by atoms with E-state index in [9.17, 15) is 0 Å². The second-order valence-electron chi connectivity index (χ2n) is 5.79. The summed E-state index contributed by atoms with van der Waals surface area (Å²) in [6, 6.07) is 11.9. The van der Waals surface area contributed by atoms with Crippen molar-refractivity contribution < 1.29 is 18.9 Å². The lowest BCUT2D eigenvalue weighted by Gasteiger charge is -2.37. The molecule has 0 spiro atoms. The number of methoxy groups -OCH3 is 2. The molecular formula is C18H18O4. The highest BCUT2D eigenvalue weighted by molar-refractivity contribution is 5.59. The Hall–Kier alpha value is -2.36. The molecule has 2 aromatic carbocycles. The van der Waals surface area contributed by atoms with Crippen LogP contribution in [0.4, 0.5) is 0 Å². The first-order valence-corrected chi connectivity index (χ1v) is 7.35. The Bertz CT molecular complexity index is 740. The minimum Gasteiger partial charge on any atom is -0.493 e. The zero-order valence-electron chi connectivity index (χ0n) is 12.9. The predicted octanol–water partition coefficient (Wildman–Crippen LogP) is 3.49. The van der Waals surface area contributed by atoms with E-state index in [4.69, 9.17) is 18.9 Å². The van der Waals surface area contributed by atoms with Crippen molar-refractivity contribution in [2.45, 2.75) is 18.4 Å². The molecule has 0 amide bonds. The number of rotatable bonds is 2. The van der Waals surface area contributed by atoms with Crippen LogP contribution in [0, 0.1) is 0 Å². The molecule has 4 rings (SSSR count). The average Bonchev–Trinajstić information content (AvgIpc) is 2.86. The molecule has 2 aliphatic rings. The standard InChI is InChI=1S/C18H18O4/c1-18-12-7-5-9-15(20-3)17(12)21-10-13(18)11-6-4-8-14(19-2)16(11)22-18/h4-9,13H,10H2,1-3H3. The molecule has 0 N–H and O–H groups in total. The van der Waals surface area contributed by atoms with Gasteiger partial charge in [0.15, 0.2) is 23.0 Å². The lowest BCUT2D eigenvalue weighted by Crippen LogP contribution is -2.38. The van der Waals surface area contributed by atoms with Crippen molar-refractivity contribution in [1.82, 2.24) is 0 Å². The minimum atomic E-state index is -0.473. The number of ether oxygens (including phenoxy) is 4. The summed E-state index contributed by atoms with van der Waals surface area (Å²) >= 11 is 0. The number of fused-ring (bicyclic) bond motifs is 5. The van der Waals surface area contributed by atoms with E-state index >= 15 is 0 Å². The summed E-state index contributed by atoms with van der Waals surface area (Å²) in [5.74, 6) is 3.23. The fourth-order valence-corrected chi connectivity index (χ4v) is 3.53. The van der Waals surface area contributed by atoms with Gasteiger partial charge in [0.25, 0.3) is 0 Å². The molecule has 0 aromatic heterocycles. The Labute approximate surface area is 129 Å². The Morgan fingerprint density at radius 2 is 1.68 bits per heavy atom. The lowest BCUT2D eigenvalue weighted by molar-refractivity contribution is 0.0404. The Kier molecular flexibility index (Phi) is 2.76. The van der Waals surface area contributed by atoms with Crippen LogP contribution in [0.1, 0.15) is 24.0 Å². The molecule has 2 unspecified atom stereocenters. The zero-order chi connectivity index (χ0) is 15.3. The van der Waals surface area contributed by atoms with Crippen LogP contribution in [0.25, 0.3) is 0 Å². The van der Waals surface area contributed by atoms with E-state index in [1.807, 2.05) is 30.3 Å². The van der Waals surface area contributed by atoms with Crippen molar-refractivity contribution in [3.05, 3.63) is 47.5 Å². The summed E-state index contributed by atoms with van der Waals surface area (Å²) in [5.41, 5.74) is 1.68. The van der Waals surface area contributed by atoms with E-state index in [-0.39, 0.29) is 5.92 Å². The van der Waals surface area contributed by atoms with E-state index in [1.165, 1.54) is 0 Å².